The molecule has 3 aromatic rings. The molecule has 3 heteroatoms. The van der Waals surface area contributed by atoms with Crippen LogP contribution in [0.15, 0.2) is 59.0 Å². The molecule has 1 atom stereocenters. The fraction of sp³-hybridized carbons (Fsp3) is 0.211. The molecule has 2 aromatic carbocycles. The van der Waals surface area contributed by atoms with Gasteiger partial charge in [0.2, 0.25) is 0 Å². The Kier molecular flexibility index (Phi) is 3.95. The van der Waals surface area contributed by atoms with Gasteiger partial charge in [-0.15, -0.1) is 0 Å². The first-order valence-corrected chi connectivity index (χ1v) is 7.35. The van der Waals surface area contributed by atoms with Crippen LogP contribution in [0, 0.1) is 11.3 Å². The summed E-state index contributed by atoms with van der Waals surface area (Å²) in [5.41, 5.74) is 2.80. The van der Waals surface area contributed by atoms with Crippen molar-refractivity contribution in [2.45, 2.75) is 19.5 Å². The molecule has 0 aliphatic rings. The Morgan fingerprint density at radius 3 is 2.55 bits per heavy atom. The molecule has 0 amide bonds. The Bertz CT molecular complexity index is 778. The van der Waals surface area contributed by atoms with Crippen LogP contribution in [0.25, 0.3) is 11.0 Å². The molecular weight excluding hydrogens is 272 g/mol. The molecule has 1 heterocycles. The maximum atomic E-state index is 8.84. The van der Waals surface area contributed by atoms with E-state index in [1.807, 2.05) is 42.5 Å². The molecule has 1 aromatic heterocycles. The second-order valence-corrected chi connectivity index (χ2v) is 5.59. The van der Waals surface area contributed by atoms with Gasteiger partial charge in [0.15, 0.2) is 0 Å². The van der Waals surface area contributed by atoms with E-state index in [9.17, 15) is 0 Å². The molecular formula is C19H18N2O. The summed E-state index contributed by atoms with van der Waals surface area (Å²) < 4.78 is 5.94. The zero-order valence-corrected chi connectivity index (χ0v) is 12.8. The first-order chi connectivity index (χ1) is 10.7. The Morgan fingerprint density at radius 2 is 1.86 bits per heavy atom. The molecule has 0 aliphatic carbocycles. The van der Waals surface area contributed by atoms with Crippen LogP contribution in [0.5, 0.6) is 0 Å². The Labute approximate surface area is 130 Å². The van der Waals surface area contributed by atoms with Gasteiger partial charge in [0.1, 0.15) is 11.3 Å². The van der Waals surface area contributed by atoms with Crippen LogP contribution in [0.1, 0.15) is 29.9 Å². The summed E-state index contributed by atoms with van der Waals surface area (Å²) in [4.78, 5) is 2.24. The topological polar surface area (TPSA) is 40.2 Å². The summed E-state index contributed by atoms with van der Waals surface area (Å²) in [6.07, 6.45) is 0. The van der Waals surface area contributed by atoms with Crippen LogP contribution >= 0.6 is 0 Å². The van der Waals surface area contributed by atoms with Gasteiger partial charge in [-0.05, 0) is 43.8 Å². The Balaban J connectivity index is 1.75. The maximum Gasteiger partial charge on any atom is 0.134 e. The van der Waals surface area contributed by atoms with Gasteiger partial charge in [0.05, 0.1) is 17.7 Å². The number of nitriles is 1. The lowest BCUT2D eigenvalue weighted by Crippen LogP contribution is -2.21. The average molecular weight is 290 g/mol. The first kappa shape index (κ1) is 14.4. The highest BCUT2D eigenvalue weighted by Crippen LogP contribution is 2.27. The van der Waals surface area contributed by atoms with Crippen molar-refractivity contribution in [3.8, 4) is 6.07 Å². The molecule has 0 fully saturated rings. The molecule has 1 unspecified atom stereocenters. The van der Waals surface area contributed by atoms with Crippen LogP contribution in [-0.4, -0.2) is 11.9 Å². The predicted octanol–water partition coefficient (Wildman–Crippen LogP) is 4.50. The van der Waals surface area contributed by atoms with Gasteiger partial charge in [-0.2, -0.15) is 5.26 Å². The highest BCUT2D eigenvalue weighted by atomic mass is 16.3. The number of para-hydroxylation sites is 1. The Hall–Kier alpha value is -2.57. The fourth-order valence-corrected chi connectivity index (χ4v) is 2.54. The van der Waals surface area contributed by atoms with Gasteiger partial charge in [0, 0.05) is 11.9 Å². The van der Waals surface area contributed by atoms with E-state index in [0.717, 1.165) is 23.3 Å². The summed E-state index contributed by atoms with van der Waals surface area (Å²) in [5, 5.41) is 9.98. The van der Waals surface area contributed by atoms with Crippen molar-refractivity contribution in [3.05, 3.63) is 71.5 Å². The average Bonchev–Trinajstić information content (AvgIpc) is 2.98. The number of fused-ring (bicyclic) bond motifs is 1. The number of furan rings is 1. The van der Waals surface area contributed by atoms with E-state index in [0.29, 0.717) is 5.56 Å². The fourth-order valence-electron chi connectivity index (χ4n) is 2.54. The minimum atomic E-state index is 0.183. The normalized spacial score (nSPS) is 12.5. The smallest absolute Gasteiger partial charge is 0.134 e. The second kappa shape index (κ2) is 6.05. The van der Waals surface area contributed by atoms with Gasteiger partial charge in [-0.1, -0.05) is 30.3 Å². The molecule has 0 aliphatic heterocycles. The molecule has 22 heavy (non-hydrogen) atoms. The van der Waals surface area contributed by atoms with Gasteiger partial charge in [0.25, 0.3) is 0 Å². The zero-order valence-electron chi connectivity index (χ0n) is 12.8. The molecule has 0 spiro atoms. The van der Waals surface area contributed by atoms with E-state index < -0.39 is 0 Å². The summed E-state index contributed by atoms with van der Waals surface area (Å²) in [6.45, 7) is 2.95. The van der Waals surface area contributed by atoms with E-state index in [1.54, 1.807) is 0 Å². The lowest BCUT2D eigenvalue weighted by molar-refractivity contribution is 0.226. The Morgan fingerprint density at radius 1 is 1.14 bits per heavy atom. The van der Waals surface area contributed by atoms with Gasteiger partial charge < -0.3 is 4.42 Å². The van der Waals surface area contributed by atoms with Crippen molar-refractivity contribution in [1.82, 2.24) is 4.90 Å². The largest absolute Gasteiger partial charge is 0.459 e. The highest BCUT2D eigenvalue weighted by Gasteiger charge is 2.16. The van der Waals surface area contributed by atoms with Crippen molar-refractivity contribution < 1.29 is 4.42 Å². The molecule has 110 valence electrons. The van der Waals surface area contributed by atoms with E-state index in [4.69, 9.17) is 9.68 Å². The minimum absolute atomic E-state index is 0.183. The highest BCUT2D eigenvalue weighted by molar-refractivity contribution is 5.77. The summed E-state index contributed by atoms with van der Waals surface area (Å²) in [7, 11) is 2.08. The van der Waals surface area contributed by atoms with Crippen molar-refractivity contribution in [1.29, 1.82) is 5.26 Å². The van der Waals surface area contributed by atoms with Crippen LogP contribution in [0.4, 0.5) is 0 Å². The monoisotopic (exact) mass is 290 g/mol. The van der Waals surface area contributed by atoms with Gasteiger partial charge in [-0.3, -0.25) is 4.90 Å². The second-order valence-electron chi connectivity index (χ2n) is 5.59. The summed E-state index contributed by atoms with van der Waals surface area (Å²) in [5.74, 6) is 0.970. The lowest BCUT2D eigenvalue weighted by atomic mass is 10.1. The van der Waals surface area contributed by atoms with Crippen molar-refractivity contribution >= 4 is 11.0 Å². The SMILES string of the molecule is CC(c1cc2ccccc2o1)N(C)Cc1ccc(C#N)cc1. The molecule has 0 radical (unpaired) electrons. The van der Waals surface area contributed by atoms with E-state index in [1.165, 1.54) is 5.56 Å². The van der Waals surface area contributed by atoms with Crippen LogP contribution in [0.3, 0.4) is 0 Å². The van der Waals surface area contributed by atoms with Crippen molar-refractivity contribution in [3.63, 3.8) is 0 Å². The van der Waals surface area contributed by atoms with E-state index in [-0.39, 0.29) is 6.04 Å². The molecule has 3 rings (SSSR count). The third kappa shape index (κ3) is 2.88. The maximum absolute atomic E-state index is 8.84. The van der Waals surface area contributed by atoms with Crippen molar-refractivity contribution in [2.24, 2.45) is 0 Å². The minimum Gasteiger partial charge on any atom is -0.459 e. The third-order valence-corrected chi connectivity index (χ3v) is 4.03. The number of nitrogens with zero attached hydrogens (tertiary/aromatic N) is 2. The zero-order chi connectivity index (χ0) is 15.5. The lowest BCUT2D eigenvalue weighted by Gasteiger charge is -2.23. The molecule has 0 bridgehead atoms. The molecule has 0 N–H and O–H groups in total. The van der Waals surface area contributed by atoms with Crippen LogP contribution in [-0.2, 0) is 6.54 Å². The molecule has 0 saturated heterocycles. The van der Waals surface area contributed by atoms with Crippen LogP contribution in [0.2, 0.25) is 0 Å². The van der Waals surface area contributed by atoms with E-state index in [2.05, 4.69) is 37.1 Å². The third-order valence-electron chi connectivity index (χ3n) is 4.03. The number of rotatable bonds is 4. The first-order valence-electron chi connectivity index (χ1n) is 7.35. The summed E-state index contributed by atoms with van der Waals surface area (Å²) >= 11 is 0. The van der Waals surface area contributed by atoms with E-state index >= 15 is 0 Å². The van der Waals surface area contributed by atoms with Gasteiger partial charge in [-0.25, -0.2) is 0 Å². The molecule has 0 saturated carbocycles. The number of hydrogen-bond donors (Lipinski definition) is 0. The summed E-state index contributed by atoms with van der Waals surface area (Å²) in [6, 6.07) is 20.2. The van der Waals surface area contributed by atoms with Crippen LogP contribution < -0.4 is 0 Å². The molecule has 3 nitrogen and oxygen atoms in total. The quantitative estimate of drug-likeness (QED) is 0.710. The number of hydrogen-bond acceptors (Lipinski definition) is 3. The van der Waals surface area contributed by atoms with Gasteiger partial charge >= 0.3 is 0 Å². The standard InChI is InChI=1S/C19H18N2O/c1-14(19-11-17-5-3-4-6-18(17)22-19)21(2)13-16-9-7-15(12-20)8-10-16/h3-11,14H,13H2,1-2H3. The predicted molar refractivity (Wildman–Crippen MR) is 87.3 cm³/mol. The van der Waals surface area contributed by atoms with Crippen molar-refractivity contribution in [2.75, 3.05) is 7.05 Å². The number of benzene rings is 2.